The van der Waals surface area contributed by atoms with Gasteiger partial charge in [-0.05, 0) is 49.7 Å². The van der Waals surface area contributed by atoms with Gasteiger partial charge in [-0.15, -0.1) is 0 Å². The van der Waals surface area contributed by atoms with Gasteiger partial charge in [-0.2, -0.15) is 4.31 Å². The molecule has 0 saturated carbocycles. The SMILES string of the molecule is Cc1noc(C)c1CN(Cc1ccc(F)cc1)S(=O)(=O)c1cc(Cl)ccc1Cl. The Labute approximate surface area is 172 Å². The van der Waals surface area contributed by atoms with E-state index in [1.807, 2.05) is 0 Å². The van der Waals surface area contributed by atoms with E-state index in [4.69, 9.17) is 27.7 Å². The predicted octanol–water partition coefficient (Wildman–Crippen LogP) is 5.13. The van der Waals surface area contributed by atoms with Crippen molar-refractivity contribution in [2.24, 2.45) is 0 Å². The molecule has 28 heavy (non-hydrogen) atoms. The van der Waals surface area contributed by atoms with Gasteiger partial charge in [-0.1, -0.05) is 40.5 Å². The van der Waals surface area contributed by atoms with E-state index in [9.17, 15) is 12.8 Å². The summed E-state index contributed by atoms with van der Waals surface area (Å²) in [5, 5.41) is 4.20. The topological polar surface area (TPSA) is 63.4 Å². The molecule has 0 fully saturated rings. The van der Waals surface area contributed by atoms with Crippen LogP contribution in [0, 0.1) is 19.7 Å². The molecule has 9 heteroatoms. The first kappa shape index (κ1) is 20.8. The van der Waals surface area contributed by atoms with Crippen molar-refractivity contribution in [2.75, 3.05) is 0 Å². The predicted molar refractivity (Wildman–Crippen MR) is 105 cm³/mol. The molecule has 0 aliphatic carbocycles. The highest BCUT2D eigenvalue weighted by Gasteiger charge is 2.29. The second-order valence-corrected chi connectivity index (χ2v) is 9.03. The van der Waals surface area contributed by atoms with Crippen LogP contribution in [-0.2, 0) is 23.1 Å². The summed E-state index contributed by atoms with van der Waals surface area (Å²) >= 11 is 12.1. The van der Waals surface area contributed by atoms with Crippen LogP contribution in [0.4, 0.5) is 4.39 Å². The number of sulfonamides is 1. The highest BCUT2D eigenvalue weighted by molar-refractivity contribution is 7.89. The van der Waals surface area contributed by atoms with Crippen LogP contribution in [0.3, 0.4) is 0 Å². The second kappa shape index (κ2) is 8.21. The van der Waals surface area contributed by atoms with E-state index >= 15 is 0 Å². The van der Waals surface area contributed by atoms with Crippen LogP contribution in [0.2, 0.25) is 10.0 Å². The largest absolute Gasteiger partial charge is 0.361 e. The average molecular weight is 443 g/mol. The minimum absolute atomic E-state index is 0.00944. The van der Waals surface area contributed by atoms with Gasteiger partial charge in [0.05, 0.1) is 10.7 Å². The number of hydrogen-bond acceptors (Lipinski definition) is 4. The Kier molecular flexibility index (Phi) is 6.09. The highest BCUT2D eigenvalue weighted by atomic mass is 35.5. The molecule has 0 unspecified atom stereocenters. The Hall–Kier alpha value is -1.93. The zero-order valence-electron chi connectivity index (χ0n) is 15.1. The number of aromatic nitrogens is 1. The lowest BCUT2D eigenvalue weighted by Crippen LogP contribution is -2.31. The van der Waals surface area contributed by atoms with Crippen LogP contribution in [-0.4, -0.2) is 17.9 Å². The second-order valence-electron chi connectivity index (χ2n) is 6.28. The highest BCUT2D eigenvalue weighted by Crippen LogP contribution is 2.30. The van der Waals surface area contributed by atoms with Crippen LogP contribution in [0.5, 0.6) is 0 Å². The summed E-state index contributed by atoms with van der Waals surface area (Å²) in [7, 11) is -4.02. The third kappa shape index (κ3) is 4.38. The third-order valence-corrected chi connectivity index (χ3v) is 6.81. The summed E-state index contributed by atoms with van der Waals surface area (Å²) in [4.78, 5) is -0.101. The lowest BCUT2D eigenvalue weighted by molar-refractivity contribution is 0.381. The molecule has 0 aliphatic rings. The molecule has 0 aliphatic heterocycles. The summed E-state index contributed by atoms with van der Waals surface area (Å²) < 4.78 is 46.4. The maximum Gasteiger partial charge on any atom is 0.245 e. The smallest absolute Gasteiger partial charge is 0.245 e. The van der Waals surface area contributed by atoms with Crippen molar-refractivity contribution in [3.05, 3.63) is 80.9 Å². The molecule has 5 nitrogen and oxygen atoms in total. The van der Waals surface area contributed by atoms with Crippen LogP contribution in [0.25, 0.3) is 0 Å². The van der Waals surface area contributed by atoms with E-state index in [0.29, 0.717) is 22.6 Å². The summed E-state index contributed by atoms with van der Waals surface area (Å²) in [5.74, 6) is 0.121. The molecule has 0 saturated heterocycles. The number of halogens is 3. The summed E-state index contributed by atoms with van der Waals surface area (Å²) in [6.45, 7) is 3.48. The van der Waals surface area contributed by atoms with E-state index < -0.39 is 15.8 Å². The zero-order chi connectivity index (χ0) is 20.5. The van der Waals surface area contributed by atoms with Crippen molar-refractivity contribution < 1.29 is 17.3 Å². The van der Waals surface area contributed by atoms with Gasteiger partial charge in [0, 0.05) is 23.7 Å². The molecule has 0 spiro atoms. The molecule has 0 N–H and O–H groups in total. The van der Waals surface area contributed by atoms with Gasteiger partial charge in [-0.3, -0.25) is 0 Å². The minimum Gasteiger partial charge on any atom is -0.361 e. The Bertz CT molecular complexity index is 1080. The Balaban J connectivity index is 2.06. The lowest BCUT2D eigenvalue weighted by atomic mass is 10.2. The maximum absolute atomic E-state index is 13.4. The van der Waals surface area contributed by atoms with E-state index in [-0.39, 0.29) is 28.0 Å². The standard InChI is InChI=1S/C19H17Cl2FN2O3S/c1-12-17(13(2)27-23-12)11-24(10-14-3-6-16(22)7-4-14)28(25,26)19-9-15(20)5-8-18(19)21/h3-9H,10-11H2,1-2H3. The zero-order valence-corrected chi connectivity index (χ0v) is 17.4. The van der Waals surface area contributed by atoms with E-state index in [0.717, 1.165) is 0 Å². The fourth-order valence-electron chi connectivity index (χ4n) is 2.74. The number of benzene rings is 2. The fourth-order valence-corrected chi connectivity index (χ4v) is 4.87. The molecule has 0 radical (unpaired) electrons. The maximum atomic E-state index is 13.4. The van der Waals surface area contributed by atoms with Crippen molar-refractivity contribution in [3.63, 3.8) is 0 Å². The van der Waals surface area contributed by atoms with E-state index in [2.05, 4.69) is 5.16 Å². The Morgan fingerprint density at radius 3 is 2.36 bits per heavy atom. The van der Waals surface area contributed by atoms with E-state index in [1.165, 1.54) is 46.8 Å². The molecule has 0 amide bonds. The van der Waals surface area contributed by atoms with Gasteiger partial charge < -0.3 is 4.52 Å². The number of hydrogen-bond donors (Lipinski definition) is 0. The molecule has 0 bridgehead atoms. The number of aryl methyl sites for hydroxylation is 2. The van der Waals surface area contributed by atoms with Crippen molar-refractivity contribution >= 4 is 33.2 Å². The minimum atomic E-state index is -4.02. The fraction of sp³-hybridized carbons (Fsp3) is 0.211. The molecule has 2 aromatic carbocycles. The summed E-state index contributed by atoms with van der Waals surface area (Å²) in [5.41, 5.74) is 1.87. The van der Waals surface area contributed by atoms with Crippen molar-refractivity contribution in [2.45, 2.75) is 31.8 Å². The van der Waals surface area contributed by atoms with Gasteiger partial charge in [0.2, 0.25) is 10.0 Å². The normalized spacial score (nSPS) is 11.9. The molecular weight excluding hydrogens is 426 g/mol. The monoisotopic (exact) mass is 442 g/mol. The molecule has 1 aromatic heterocycles. The van der Waals surface area contributed by atoms with Gasteiger partial charge in [0.25, 0.3) is 0 Å². The van der Waals surface area contributed by atoms with Gasteiger partial charge >= 0.3 is 0 Å². The third-order valence-electron chi connectivity index (χ3n) is 4.30. The van der Waals surface area contributed by atoms with Crippen LogP contribution in [0.1, 0.15) is 22.6 Å². The molecule has 148 valence electrons. The average Bonchev–Trinajstić information content (AvgIpc) is 2.96. The van der Waals surface area contributed by atoms with Crippen molar-refractivity contribution in [1.29, 1.82) is 0 Å². The summed E-state index contributed by atoms with van der Waals surface area (Å²) in [6.07, 6.45) is 0. The first-order valence-electron chi connectivity index (χ1n) is 8.30. The lowest BCUT2D eigenvalue weighted by Gasteiger charge is -2.23. The van der Waals surface area contributed by atoms with Gasteiger partial charge in [-0.25, -0.2) is 12.8 Å². The van der Waals surface area contributed by atoms with Crippen molar-refractivity contribution in [1.82, 2.24) is 9.46 Å². The van der Waals surface area contributed by atoms with Crippen LogP contribution in [0.15, 0.2) is 51.9 Å². The van der Waals surface area contributed by atoms with E-state index in [1.54, 1.807) is 13.8 Å². The van der Waals surface area contributed by atoms with Crippen LogP contribution < -0.4 is 0 Å². The molecule has 1 heterocycles. The first-order chi connectivity index (χ1) is 13.2. The van der Waals surface area contributed by atoms with Gasteiger partial charge in [0.1, 0.15) is 16.5 Å². The summed E-state index contributed by atoms with van der Waals surface area (Å²) in [6, 6.07) is 9.88. The molecule has 0 atom stereocenters. The molecule has 3 rings (SSSR count). The Morgan fingerprint density at radius 1 is 1.07 bits per heavy atom. The number of nitrogens with zero attached hydrogens (tertiary/aromatic N) is 2. The van der Waals surface area contributed by atoms with Gasteiger partial charge in [0.15, 0.2) is 0 Å². The Morgan fingerprint density at radius 2 is 1.75 bits per heavy atom. The van der Waals surface area contributed by atoms with Crippen LogP contribution >= 0.6 is 23.2 Å². The molecule has 3 aromatic rings. The number of rotatable bonds is 6. The first-order valence-corrected chi connectivity index (χ1v) is 10.5. The van der Waals surface area contributed by atoms with Crippen molar-refractivity contribution in [3.8, 4) is 0 Å². The quantitative estimate of drug-likeness (QED) is 0.530. The molecular formula is C19H17Cl2FN2O3S.